The number of nitrogens with zero attached hydrogens (tertiary/aromatic N) is 2. The van der Waals surface area contributed by atoms with E-state index in [1.807, 2.05) is 79.7 Å². The fraction of sp³-hybridized carbons (Fsp3) is 0.115. The molecule has 0 fully saturated rings. The number of ether oxygens (including phenoxy) is 2. The number of amidine groups is 1. The van der Waals surface area contributed by atoms with E-state index in [0.29, 0.717) is 27.9 Å². The summed E-state index contributed by atoms with van der Waals surface area (Å²) in [4.78, 5) is 31.7. The maximum absolute atomic E-state index is 12.9. The number of aryl methyl sites for hydroxylation is 1. The fourth-order valence-corrected chi connectivity index (χ4v) is 4.46. The van der Waals surface area contributed by atoms with Crippen molar-refractivity contribution in [2.75, 3.05) is 17.4 Å². The number of hydrogen-bond acceptors (Lipinski definition) is 6. The van der Waals surface area contributed by atoms with Crippen LogP contribution in [0.2, 0.25) is 0 Å². The molecule has 2 heterocycles. The van der Waals surface area contributed by atoms with E-state index in [9.17, 15) is 9.59 Å². The van der Waals surface area contributed by atoms with Gasteiger partial charge >= 0.3 is 0 Å². The molecule has 3 aromatic carbocycles. The number of anilines is 1. The Labute approximate surface area is 195 Å². The molecule has 164 valence electrons. The molecule has 6 nitrogen and oxygen atoms in total. The average Bonchev–Trinajstić information content (AvgIpc) is 3.42. The monoisotopic (exact) mass is 456 g/mol. The van der Waals surface area contributed by atoms with Crippen LogP contribution in [-0.4, -0.2) is 29.4 Å². The quantitative estimate of drug-likeness (QED) is 0.394. The maximum atomic E-state index is 12.9. The van der Waals surface area contributed by atoms with E-state index in [2.05, 4.69) is 4.99 Å². The molecule has 33 heavy (non-hydrogen) atoms. The Morgan fingerprint density at radius 3 is 2.58 bits per heavy atom. The first-order valence-electron chi connectivity index (χ1n) is 10.4. The molecule has 0 saturated heterocycles. The van der Waals surface area contributed by atoms with Crippen molar-refractivity contribution in [3.05, 3.63) is 95.2 Å². The highest BCUT2D eigenvalue weighted by molar-refractivity contribution is 8.14. The van der Waals surface area contributed by atoms with Crippen LogP contribution in [-0.2, 0) is 4.79 Å². The van der Waals surface area contributed by atoms with E-state index < -0.39 is 0 Å². The third-order valence-corrected chi connectivity index (χ3v) is 6.21. The van der Waals surface area contributed by atoms with E-state index in [-0.39, 0.29) is 24.2 Å². The largest absolute Gasteiger partial charge is 0.454 e. The summed E-state index contributed by atoms with van der Waals surface area (Å²) in [5, 5.41) is 0.471. The second kappa shape index (κ2) is 8.96. The molecule has 0 aromatic heterocycles. The Morgan fingerprint density at radius 1 is 1.03 bits per heavy atom. The molecular formula is C26H20N2O4S. The minimum Gasteiger partial charge on any atom is -0.454 e. The van der Waals surface area contributed by atoms with Crippen molar-refractivity contribution in [2.45, 2.75) is 6.92 Å². The van der Waals surface area contributed by atoms with Crippen molar-refractivity contribution in [1.29, 1.82) is 0 Å². The Hall–Kier alpha value is -3.84. The van der Waals surface area contributed by atoms with E-state index in [1.165, 1.54) is 11.8 Å². The molecule has 1 amide bonds. The lowest BCUT2D eigenvalue weighted by Gasteiger charge is -2.21. The summed E-state index contributed by atoms with van der Waals surface area (Å²) in [5.41, 5.74) is 3.73. The summed E-state index contributed by atoms with van der Waals surface area (Å²) < 4.78 is 10.8. The summed E-state index contributed by atoms with van der Waals surface area (Å²) in [5.74, 6) is 1.12. The molecule has 7 heteroatoms. The first kappa shape index (κ1) is 21.0. The van der Waals surface area contributed by atoms with Gasteiger partial charge in [0.1, 0.15) is 5.70 Å². The molecule has 0 unspecified atom stereocenters. The SMILES string of the molecule is Cc1ccc(C(=O)CSC2=NC(=O)/C(=C\c3ccc4c(c3)OCO4)N2c2ccccc2)cc1. The van der Waals surface area contributed by atoms with Crippen molar-refractivity contribution in [3.8, 4) is 11.5 Å². The van der Waals surface area contributed by atoms with Crippen molar-refractivity contribution in [3.63, 3.8) is 0 Å². The zero-order chi connectivity index (χ0) is 22.8. The number of fused-ring (bicyclic) bond motifs is 1. The molecule has 0 atom stereocenters. The van der Waals surface area contributed by atoms with Gasteiger partial charge in [0, 0.05) is 11.3 Å². The molecule has 0 saturated carbocycles. The topological polar surface area (TPSA) is 68.2 Å². The number of thioether (sulfide) groups is 1. The number of hydrogen-bond donors (Lipinski definition) is 0. The molecule has 0 N–H and O–H groups in total. The second-order valence-corrected chi connectivity index (χ2v) is 8.53. The van der Waals surface area contributed by atoms with Gasteiger partial charge < -0.3 is 9.47 Å². The van der Waals surface area contributed by atoms with Gasteiger partial charge in [0.2, 0.25) is 6.79 Å². The molecule has 0 spiro atoms. The number of carbonyl (C=O) groups is 2. The Bertz CT molecular complexity index is 1280. The molecule has 0 radical (unpaired) electrons. The van der Waals surface area contributed by atoms with Crippen LogP contribution >= 0.6 is 11.8 Å². The minimum absolute atomic E-state index is 0.0173. The average molecular weight is 457 g/mol. The van der Waals surface area contributed by atoms with Crippen LogP contribution in [0.3, 0.4) is 0 Å². The number of para-hydroxylation sites is 1. The fourth-order valence-electron chi connectivity index (χ4n) is 3.56. The number of amides is 1. The molecule has 5 rings (SSSR count). The predicted octanol–water partition coefficient (Wildman–Crippen LogP) is 5.08. The summed E-state index contributed by atoms with van der Waals surface area (Å²) in [6.07, 6.45) is 1.77. The number of benzene rings is 3. The van der Waals surface area contributed by atoms with Gasteiger partial charge in [-0.2, -0.15) is 4.99 Å². The van der Waals surface area contributed by atoms with Gasteiger partial charge in [-0.1, -0.05) is 65.9 Å². The third kappa shape index (κ3) is 4.40. The van der Waals surface area contributed by atoms with E-state index in [1.54, 1.807) is 11.0 Å². The van der Waals surface area contributed by atoms with E-state index in [4.69, 9.17) is 9.47 Å². The number of ketones is 1. The summed E-state index contributed by atoms with van der Waals surface area (Å²) >= 11 is 1.25. The van der Waals surface area contributed by atoms with E-state index in [0.717, 1.165) is 16.8 Å². The molecule has 2 aliphatic rings. The lowest BCUT2D eigenvalue weighted by molar-refractivity contribution is -0.113. The number of carbonyl (C=O) groups excluding carboxylic acids is 2. The van der Waals surface area contributed by atoms with Crippen molar-refractivity contribution in [1.82, 2.24) is 0 Å². The van der Waals surface area contributed by atoms with Gasteiger partial charge in [-0.05, 0) is 42.8 Å². The summed E-state index contributed by atoms with van der Waals surface area (Å²) in [6.45, 7) is 2.16. The highest BCUT2D eigenvalue weighted by Gasteiger charge is 2.32. The van der Waals surface area contributed by atoms with Gasteiger partial charge in [0.15, 0.2) is 22.4 Å². The minimum atomic E-state index is -0.359. The molecule has 3 aromatic rings. The van der Waals surface area contributed by atoms with Crippen LogP contribution in [0.4, 0.5) is 5.69 Å². The standard InChI is InChI=1S/C26H20N2O4S/c1-17-7-10-19(11-8-17)22(29)15-33-26-27-25(30)21(28(26)20-5-3-2-4-6-20)13-18-9-12-23-24(14-18)32-16-31-23/h2-14H,15-16H2,1H3/b21-13+. The normalized spacial score (nSPS) is 15.8. The third-order valence-electron chi connectivity index (χ3n) is 5.27. The van der Waals surface area contributed by atoms with Gasteiger partial charge in [-0.15, -0.1) is 0 Å². The first-order valence-corrected chi connectivity index (χ1v) is 11.4. The highest BCUT2D eigenvalue weighted by Crippen LogP contribution is 2.35. The van der Waals surface area contributed by atoms with Gasteiger partial charge in [0.05, 0.1) is 5.75 Å². The summed E-state index contributed by atoms with van der Waals surface area (Å²) in [7, 11) is 0. The lowest BCUT2D eigenvalue weighted by atomic mass is 10.1. The van der Waals surface area contributed by atoms with Crippen molar-refractivity contribution < 1.29 is 19.1 Å². The maximum Gasteiger partial charge on any atom is 0.296 e. The van der Waals surface area contributed by atoms with Gasteiger partial charge in [-0.3, -0.25) is 14.5 Å². The predicted molar refractivity (Wildman–Crippen MR) is 130 cm³/mol. The van der Waals surface area contributed by atoms with Crippen LogP contribution in [0.1, 0.15) is 21.5 Å². The molecular weight excluding hydrogens is 436 g/mol. The zero-order valence-corrected chi connectivity index (χ0v) is 18.7. The number of rotatable bonds is 5. The molecule has 0 bridgehead atoms. The Kier molecular flexibility index (Phi) is 5.71. The van der Waals surface area contributed by atoms with Gasteiger partial charge in [-0.25, -0.2) is 0 Å². The van der Waals surface area contributed by atoms with Crippen LogP contribution in [0.15, 0.2) is 83.5 Å². The van der Waals surface area contributed by atoms with Crippen LogP contribution in [0, 0.1) is 6.92 Å². The Morgan fingerprint density at radius 2 is 1.79 bits per heavy atom. The first-order chi connectivity index (χ1) is 16.1. The number of aliphatic imine (C=N–C) groups is 1. The highest BCUT2D eigenvalue weighted by atomic mass is 32.2. The molecule has 2 aliphatic heterocycles. The van der Waals surface area contributed by atoms with Crippen LogP contribution < -0.4 is 14.4 Å². The van der Waals surface area contributed by atoms with Gasteiger partial charge in [0.25, 0.3) is 5.91 Å². The second-order valence-electron chi connectivity index (χ2n) is 7.59. The lowest BCUT2D eigenvalue weighted by Crippen LogP contribution is -2.25. The molecule has 0 aliphatic carbocycles. The smallest absolute Gasteiger partial charge is 0.296 e. The Balaban J connectivity index is 1.43. The van der Waals surface area contributed by atoms with Crippen molar-refractivity contribution >= 4 is 40.4 Å². The van der Waals surface area contributed by atoms with Crippen LogP contribution in [0.5, 0.6) is 11.5 Å². The van der Waals surface area contributed by atoms with Crippen LogP contribution in [0.25, 0.3) is 6.08 Å². The van der Waals surface area contributed by atoms with E-state index >= 15 is 0 Å². The zero-order valence-electron chi connectivity index (χ0n) is 17.9. The summed E-state index contributed by atoms with van der Waals surface area (Å²) in [6, 6.07) is 22.5. The number of Topliss-reactive ketones (excluding diaryl/α,β-unsaturated/α-hetero) is 1. The van der Waals surface area contributed by atoms with Crippen molar-refractivity contribution in [2.24, 2.45) is 4.99 Å².